The highest BCUT2D eigenvalue weighted by atomic mass is 32.2. The fourth-order valence-corrected chi connectivity index (χ4v) is 4.08. The Morgan fingerprint density at radius 3 is 2.09 bits per heavy atom. The first kappa shape index (κ1) is 15.8. The molecule has 0 aliphatic heterocycles. The number of fused-ring (bicyclic) bond motifs is 5. The maximum absolute atomic E-state index is 9.75. The van der Waals surface area contributed by atoms with Gasteiger partial charge in [0.15, 0.2) is 4.70 Å². The maximum Gasteiger partial charge on any atom is 0.673 e. The van der Waals surface area contributed by atoms with Crippen LogP contribution in [-0.4, -0.2) is 7.25 Å². The Morgan fingerprint density at radius 1 is 0.739 bits per heavy atom. The first-order valence-corrected chi connectivity index (χ1v) is 8.69. The van der Waals surface area contributed by atoms with Crippen LogP contribution < -0.4 is 0 Å². The van der Waals surface area contributed by atoms with Crippen LogP contribution in [-0.2, 0) is 6.26 Å². The highest BCUT2D eigenvalue weighted by Crippen LogP contribution is 2.37. The van der Waals surface area contributed by atoms with Gasteiger partial charge in [-0.15, -0.1) is 0 Å². The third kappa shape index (κ3) is 3.32. The summed E-state index contributed by atoms with van der Waals surface area (Å²) >= 11 is 0. The van der Waals surface area contributed by atoms with Crippen molar-refractivity contribution in [3.8, 4) is 0 Å². The van der Waals surface area contributed by atoms with Crippen molar-refractivity contribution in [2.75, 3.05) is 0 Å². The minimum Gasteiger partial charge on any atom is -0.418 e. The molecule has 4 rings (SSSR count). The highest BCUT2D eigenvalue weighted by Gasteiger charge is 2.20. The van der Waals surface area contributed by atoms with E-state index in [0.29, 0.717) is 0 Å². The van der Waals surface area contributed by atoms with E-state index in [1.165, 1.54) is 31.6 Å². The molecular formula is C17H13BF4S. The average molecular weight is 336 g/mol. The third-order valence-electron chi connectivity index (χ3n) is 3.70. The molecule has 0 radical (unpaired) electrons. The summed E-state index contributed by atoms with van der Waals surface area (Å²) in [5, 5.41) is 9.21. The normalized spacial score (nSPS) is 12.5. The lowest BCUT2D eigenvalue weighted by Crippen LogP contribution is -2.02. The fraction of sp³-hybridized carbons (Fsp3) is 0.0588. The van der Waals surface area contributed by atoms with Gasteiger partial charge < -0.3 is 17.3 Å². The van der Waals surface area contributed by atoms with Crippen LogP contribution in [0, 0.1) is 0 Å². The standard InChI is InChI=1S/C17H13S.BF4/c1-18-11-10-15-16(18)9-8-13-7-6-12-4-2-3-5-14(12)17(13)15;2-1(3,4)5/h2-11H,1H3;/q+1;-1. The summed E-state index contributed by atoms with van der Waals surface area (Å²) in [4.78, 5) is 0. The van der Waals surface area contributed by atoms with Crippen molar-refractivity contribution in [2.24, 2.45) is 6.26 Å². The maximum atomic E-state index is 9.75. The zero-order chi connectivity index (χ0) is 16.6. The second kappa shape index (κ2) is 5.85. The molecule has 3 aromatic carbocycles. The minimum atomic E-state index is -6.00. The van der Waals surface area contributed by atoms with E-state index in [2.05, 4.69) is 66.2 Å². The second-order valence-electron chi connectivity index (χ2n) is 5.22. The van der Waals surface area contributed by atoms with E-state index in [4.69, 9.17) is 0 Å². The molecule has 0 saturated heterocycles. The molecule has 118 valence electrons. The molecule has 1 aromatic heterocycles. The first-order chi connectivity index (χ1) is 10.8. The second-order valence-corrected chi connectivity index (χ2v) is 7.04. The molecule has 0 spiro atoms. The van der Waals surface area contributed by atoms with E-state index >= 15 is 0 Å². The lowest BCUT2D eigenvalue weighted by Gasteiger charge is -2.04. The minimum absolute atomic E-state index is 0.273. The Balaban J connectivity index is 0.000000276. The molecule has 1 atom stereocenters. The third-order valence-corrected chi connectivity index (χ3v) is 5.29. The molecule has 0 aliphatic carbocycles. The molecule has 0 saturated carbocycles. The first-order valence-electron chi connectivity index (χ1n) is 6.99. The molecule has 0 fully saturated rings. The van der Waals surface area contributed by atoms with Crippen molar-refractivity contribution in [1.82, 2.24) is 0 Å². The number of thiophene rings is 1. The van der Waals surface area contributed by atoms with Gasteiger partial charge in [-0.3, -0.25) is 0 Å². The molecule has 0 amide bonds. The van der Waals surface area contributed by atoms with Crippen molar-refractivity contribution in [3.63, 3.8) is 0 Å². The summed E-state index contributed by atoms with van der Waals surface area (Å²) < 4.78 is 40.5. The smallest absolute Gasteiger partial charge is 0.418 e. The number of hydrogen-bond donors (Lipinski definition) is 0. The molecular weight excluding hydrogens is 323 g/mol. The van der Waals surface area contributed by atoms with Gasteiger partial charge >= 0.3 is 7.25 Å². The molecule has 0 aliphatic rings. The molecule has 0 nitrogen and oxygen atoms in total. The molecule has 0 N–H and O–H groups in total. The number of hydrogen-bond acceptors (Lipinski definition) is 0. The Morgan fingerprint density at radius 2 is 1.35 bits per heavy atom. The van der Waals surface area contributed by atoms with Crippen LogP contribution in [0.4, 0.5) is 17.3 Å². The van der Waals surface area contributed by atoms with Crippen LogP contribution >= 0.6 is 10.5 Å². The summed E-state index contributed by atoms with van der Waals surface area (Å²) in [5.41, 5.74) is 0. The largest absolute Gasteiger partial charge is 0.673 e. The monoisotopic (exact) mass is 336 g/mol. The zero-order valence-corrected chi connectivity index (χ0v) is 13.1. The van der Waals surface area contributed by atoms with E-state index in [0.717, 1.165) is 0 Å². The number of rotatable bonds is 0. The fourth-order valence-electron chi connectivity index (χ4n) is 2.80. The van der Waals surface area contributed by atoms with Gasteiger partial charge in [0.05, 0.1) is 0 Å². The van der Waals surface area contributed by atoms with Gasteiger partial charge in [-0.1, -0.05) is 36.4 Å². The molecule has 23 heavy (non-hydrogen) atoms. The summed E-state index contributed by atoms with van der Waals surface area (Å²) in [6.45, 7) is 0. The molecule has 6 heteroatoms. The van der Waals surface area contributed by atoms with Crippen molar-refractivity contribution in [3.05, 3.63) is 60.0 Å². The number of aryl methyl sites for hydroxylation is 1. The van der Waals surface area contributed by atoms with Crippen molar-refractivity contribution >= 4 is 49.4 Å². The van der Waals surface area contributed by atoms with Crippen LogP contribution in [0.1, 0.15) is 0 Å². The SMILES string of the molecule is C[s+]1ccc2c3c(ccc4ccccc43)ccc21.F[B-](F)(F)F. The van der Waals surface area contributed by atoms with Crippen LogP contribution in [0.25, 0.3) is 31.6 Å². The topological polar surface area (TPSA) is 0 Å². The molecule has 4 aromatic rings. The average Bonchev–Trinajstić information content (AvgIpc) is 2.87. The van der Waals surface area contributed by atoms with Gasteiger partial charge in [0.25, 0.3) is 0 Å². The van der Waals surface area contributed by atoms with E-state index in [9.17, 15) is 17.3 Å². The van der Waals surface area contributed by atoms with Gasteiger partial charge in [-0.25, -0.2) is 0 Å². The van der Waals surface area contributed by atoms with Gasteiger partial charge in [-0.05, 0) is 38.8 Å². The predicted molar refractivity (Wildman–Crippen MR) is 92.6 cm³/mol. The summed E-state index contributed by atoms with van der Waals surface area (Å²) in [6, 6.07) is 20.0. The zero-order valence-electron chi connectivity index (χ0n) is 12.3. The van der Waals surface area contributed by atoms with E-state index < -0.39 is 7.25 Å². The van der Waals surface area contributed by atoms with Crippen LogP contribution in [0.15, 0.2) is 60.0 Å². The van der Waals surface area contributed by atoms with E-state index in [1.54, 1.807) is 0 Å². The summed E-state index contributed by atoms with van der Waals surface area (Å²) in [5.74, 6) is 0. The van der Waals surface area contributed by atoms with Crippen LogP contribution in [0.5, 0.6) is 0 Å². The Hall–Kier alpha value is -2.08. The van der Waals surface area contributed by atoms with Crippen molar-refractivity contribution < 1.29 is 17.3 Å². The van der Waals surface area contributed by atoms with Gasteiger partial charge in [0.2, 0.25) is 0 Å². The van der Waals surface area contributed by atoms with Crippen molar-refractivity contribution in [2.45, 2.75) is 0 Å². The molecule has 0 bridgehead atoms. The van der Waals surface area contributed by atoms with E-state index in [-0.39, 0.29) is 10.5 Å². The lowest BCUT2D eigenvalue weighted by molar-refractivity contribution is 0.368. The summed E-state index contributed by atoms with van der Waals surface area (Å²) in [7, 11) is -5.73. The molecule has 1 unspecified atom stereocenters. The number of halogens is 4. The van der Waals surface area contributed by atoms with Crippen LogP contribution in [0.2, 0.25) is 0 Å². The molecule has 1 heterocycles. The highest BCUT2D eigenvalue weighted by molar-refractivity contribution is 7.34. The van der Waals surface area contributed by atoms with Crippen molar-refractivity contribution in [1.29, 1.82) is 0 Å². The summed E-state index contributed by atoms with van der Waals surface area (Å²) in [6.07, 6.45) is 2.29. The van der Waals surface area contributed by atoms with Gasteiger partial charge in [-0.2, -0.15) is 0 Å². The van der Waals surface area contributed by atoms with Gasteiger partial charge in [0, 0.05) is 16.8 Å². The quantitative estimate of drug-likeness (QED) is 0.144. The number of benzene rings is 3. The Bertz CT molecular complexity index is 982. The Labute approximate surface area is 133 Å². The van der Waals surface area contributed by atoms with E-state index in [1.807, 2.05) is 0 Å². The Kier molecular flexibility index (Phi) is 4.02. The lowest BCUT2D eigenvalue weighted by atomic mass is 10.00. The van der Waals surface area contributed by atoms with Gasteiger partial charge in [0.1, 0.15) is 11.6 Å². The predicted octanol–water partition coefficient (Wildman–Crippen LogP) is 6.73. The van der Waals surface area contributed by atoms with Crippen LogP contribution in [0.3, 0.4) is 0 Å².